The summed E-state index contributed by atoms with van der Waals surface area (Å²) in [6.07, 6.45) is 2.41. The normalized spacial score (nSPS) is 14.8. The lowest BCUT2D eigenvalue weighted by Gasteiger charge is -2.14. The number of nitrogens with zero attached hydrogens (tertiary/aromatic N) is 2. The maximum Gasteiger partial charge on any atom is 0.359 e. The van der Waals surface area contributed by atoms with Crippen LogP contribution in [0.4, 0.5) is 4.39 Å². The van der Waals surface area contributed by atoms with E-state index in [1.807, 2.05) is 0 Å². The molecule has 2 aromatic rings. The van der Waals surface area contributed by atoms with Gasteiger partial charge in [0.25, 0.3) is 5.91 Å². The zero-order valence-electron chi connectivity index (χ0n) is 13.3. The summed E-state index contributed by atoms with van der Waals surface area (Å²) in [5.41, 5.74) is 7.76. The van der Waals surface area contributed by atoms with Crippen LogP contribution in [0.15, 0.2) is 24.3 Å². The van der Waals surface area contributed by atoms with E-state index in [1.165, 1.54) is 19.1 Å². The van der Waals surface area contributed by atoms with Crippen LogP contribution in [0.25, 0.3) is 5.69 Å². The largest absolute Gasteiger partial charge is 0.448 e. The van der Waals surface area contributed by atoms with Crippen LogP contribution < -0.4 is 5.73 Å². The van der Waals surface area contributed by atoms with Crippen molar-refractivity contribution < 1.29 is 18.7 Å². The molecular formula is C17H18FN3O3. The van der Waals surface area contributed by atoms with Crippen LogP contribution in [0.3, 0.4) is 0 Å². The van der Waals surface area contributed by atoms with E-state index in [1.54, 1.807) is 16.8 Å². The first-order valence-electron chi connectivity index (χ1n) is 7.84. The van der Waals surface area contributed by atoms with Gasteiger partial charge < -0.3 is 10.5 Å². The maximum atomic E-state index is 13.1. The van der Waals surface area contributed by atoms with Crippen LogP contribution in [0.2, 0.25) is 0 Å². The predicted molar refractivity (Wildman–Crippen MR) is 84.2 cm³/mol. The summed E-state index contributed by atoms with van der Waals surface area (Å²) in [5, 5.41) is 4.37. The minimum Gasteiger partial charge on any atom is -0.448 e. The number of esters is 1. The zero-order chi connectivity index (χ0) is 17.3. The summed E-state index contributed by atoms with van der Waals surface area (Å²) in [5.74, 6) is -1.72. The third kappa shape index (κ3) is 3.02. The average molecular weight is 331 g/mol. The molecule has 1 amide bonds. The van der Waals surface area contributed by atoms with Gasteiger partial charge in [-0.3, -0.25) is 4.79 Å². The van der Waals surface area contributed by atoms with E-state index in [2.05, 4.69) is 5.10 Å². The van der Waals surface area contributed by atoms with Gasteiger partial charge >= 0.3 is 5.97 Å². The summed E-state index contributed by atoms with van der Waals surface area (Å²) in [6, 6.07) is 5.91. The topological polar surface area (TPSA) is 87.2 Å². The Labute approximate surface area is 138 Å². The molecule has 1 aromatic heterocycles. The van der Waals surface area contributed by atoms with Gasteiger partial charge in [-0.25, -0.2) is 13.9 Å². The van der Waals surface area contributed by atoms with E-state index in [-0.39, 0.29) is 11.5 Å². The lowest BCUT2D eigenvalue weighted by Crippen LogP contribution is -2.30. The van der Waals surface area contributed by atoms with Crippen LogP contribution in [0.5, 0.6) is 0 Å². The van der Waals surface area contributed by atoms with E-state index in [0.717, 1.165) is 30.5 Å². The molecule has 24 heavy (non-hydrogen) atoms. The minimum atomic E-state index is -1.02. The van der Waals surface area contributed by atoms with Gasteiger partial charge in [0.15, 0.2) is 11.8 Å². The van der Waals surface area contributed by atoms with Crippen molar-refractivity contribution in [2.45, 2.75) is 38.7 Å². The molecule has 2 N–H and O–H groups in total. The van der Waals surface area contributed by atoms with E-state index >= 15 is 0 Å². The summed E-state index contributed by atoms with van der Waals surface area (Å²) < 4.78 is 19.9. The van der Waals surface area contributed by atoms with Crippen LogP contribution in [-0.4, -0.2) is 27.8 Å². The lowest BCUT2D eigenvalue weighted by atomic mass is 9.95. The Kier molecular flexibility index (Phi) is 4.33. The molecule has 1 aliphatic carbocycles. The Hall–Kier alpha value is -2.70. The molecule has 0 aliphatic heterocycles. The van der Waals surface area contributed by atoms with Crippen LogP contribution in [0, 0.1) is 5.82 Å². The first kappa shape index (κ1) is 16.2. The van der Waals surface area contributed by atoms with Crippen molar-refractivity contribution in [1.82, 2.24) is 9.78 Å². The Morgan fingerprint density at radius 3 is 2.58 bits per heavy atom. The molecule has 0 bridgehead atoms. The molecule has 1 atom stereocenters. The highest BCUT2D eigenvalue weighted by Crippen LogP contribution is 2.27. The lowest BCUT2D eigenvalue weighted by molar-refractivity contribution is -0.125. The number of carbonyl (C=O) groups excluding carboxylic acids is 2. The molecule has 0 fully saturated rings. The SMILES string of the molecule is C[C@H](OC(=O)c1nn(-c2ccc(F)cc2)c2c1CCCC2)C(N)=O. The first-order chi connectivity index (χ1) is 11.5. The van der Waals surface area contributed by atoms with E-state index in [4.69, 9.17) is 10.5 Å². The number of nitrogens with two attached hydrogens (primary N) is 1. The number of fused-ring (bicyclic) bond motifs is 1. The van der Waals surface area contributed by atoms with E-state index < -0.39 is 18.0 Å². The quantitative estimate of drug-likeness (QED) is 0.867. The molecule has 3 rings (SSSR count). The number of hydrogen-bond donors (Lipinski definition) is 1. The van der Waals surface area contributed by atoms with Gasteiger partial charge in [-0.1, -0.05) is 0 Å². The molecule has 0 radical (unpaired) electrons. The summed E-state index contributed by atoms with van der Waals surface area (Å²) in [6.45, 7) is 1.42. The zero-order valence-corrected chi connectivity index (χ0v) is 13.3. The highest BCUT2D eigenvalue weighted by atomic mass is 19.1. The number of aromatic nitrogens is 2. The molecule has 1 aliphatic rings. The summed E-state index contributed by atoms with van der Waals surface area (Å²) in [4.78, 5) is 23.5. The molecule has 1 heterocycles. The third-order valence-electron chi connectivity index (χ3n) is 4.13. The van der Waals surface area contributed by atoms with Crippen molar-refractivity contribution in [2.24, 2.45) is 5.73 Å². The molecular weight excluding hydrogens is 313 g/mol. The van der Waals surface area contributed by atoms with Crippen LogP contribution in [-0.2, 0) is 22.4 Å². The number of carbonyl (C=O) groups is 2. The monoisotopic (exact) mass is 331 g/mol. The van der Waals surface area contributed by atoms with Gasteiger partial charge in [-0.05, 0) is 56.9 Å². The molecule has 0 unspecified atom stereocenters. The predicted octanol–water partition coefficient (Wildman–Crippen LogP) is 1.92. The van der Waals surface area contributed by atoms with Crippen molar-refractivity contribution in [2.75, 3.05) is 0 Å². The summed E-state index contributed by atoms with van der Waals surface area (Å²) >= 11 is 0. The number of ether oxygens (including phenoxy) is 1. The molecule has 7 heteroatoms. The molecule has 6 nitrogen and oxygen atoms in total. The number of benzene rings is 1. The fourth-order valence-electron chi connectivity index (χ4n) is 2.83. The van der Waals surface area contributed by atoms with E-state index in [9.17, 15) is 14.0 Å². The fourth-order valence-corrected chi connectivity index (χ4v) is 2.83. The average Bonchev–Trinajstić information content (AvgIpc) is 2.95. The Morgan fingerprint density at radius 1 is 1.25 bits per heavy atom. The van der Waals surface area contributed by atoms with E-state index in [0.29, 0.717) is 12.1 Å². The van der Waals surface area contributed by atoms with Crippen molar-refractivity contribution in [1.29, 1.82) is 0 Å². The van der Waals surface area contributed by atoms with Crippen LogP contribution in [0.1, 0.15) is 41.5 Å². The van der Waals surface area contributed by atoms with Crippen LogP contribution >= 0.6 is 0 Å². The number of hydrogen-bond acceptors (Lipinski definition) is 4. The van der Waals surface area contributed by atoms with Gasteiger partial charge in [0.1, 0.15) is 5.82 Å². The van der Waals surface area contributed by atoms with Crippen molar-refractivity contribution in [3.05, 3.63) is 47.0 Å². The number of amides is 1. The van der Waals surface area contributed by atoms with Gasteiger partial charge in [0, 0.05) is 11.3 Å². The standard InChI is InChI=1S/C17H18FN3O3/c1-10(16(19)22)24-17(23)15-13-4-2-3-5-14(13)21(20-15)12-8-6-11(18)7-9-12/h6-10H,2-5H2,1H3,(H2,19,22)/t10-/m0/s1. The van der Waals surface area contributed by atoms with Gasteiger partial charge in [0.2, 0.25) is 0 Å². The highest BCUT2D eigenvalue weighted by Gasteiger charge is 2.28. The molecule has 0 spiro atoms. The number of halogens is 1. The summed E-state index contributed by atoms with van der Waals surface area (Å²) in [7, 11) is 0. The Balaban J connectivity index is 2.00. The molecule has 1 aromatic carbocycles. The maximum absolute atomic E-state index is 13.1. The highest BCUT2D eigenvalue weighted by molar-refractivity contribution is 5.92. The second-order valence-corrected chi connectivity index (χ2v) is 5.82. The third-order valence-corrected chi connectivity index (χ3v) is 4.13. The van der Waals surface area contributed by atoms with Crippen molar-refractivity contribution in [3.8, 4) is 5.69 Å². The molecule has 0 saturated heterocycles. The molecule has 126 valence electrons. The second kappa shape index (κ2) is 6.43. The van der Waals surface area contributed by atoms with Crippen molar-refractivity contribution >= 4 is 11.9 Å². The first-order valence-corrected chi connectivity index (χ1v) is 7.84. The van der Waals surface area contributed by atoms with Crippen molar-refractivity contribution in [3.63, 3.8) is 0 Å². The number of primary amides is 1. The van der Waals surface area contributed by atoms with Gasteiger partial charge in [-0.15, -0.1) is 0 Å². The second-order valence-electron chi connectivity index (χ2n) is 5.82. The smallest absolute Gasteiger partial charge is 0.359 e. The fraction of sp³-hybridized carbons (Fsp3) is 0.353. The Morgan fingerprint density at radius 2 is 1.92 bits per heavy atom. The van der Waals surface area contributed by atoms with Gasteiger partial charge in [0.05, 0.1) is 5.69 Å². The Bertz CT molecular complexity index is 783. The molecule has 0 saturated carbocycles. The van der Waals surface area contributed by atoms with Gasteiger partial charge in [-0.2, -0.15) is 5.10 Å². The minimum absolute atomic E-state index is 0.196. The number of rotatable bonds is 4.